The number of nitrogens with zero attached hydrogens (tertiary/aromatic N) is 4. The van der Waals surface area contributed by atoms with Crippen molar-refractivity contribution in [3.63, 3.8) is 0 Å². The number of hydrogen-bond acceptors (Lipinski definition) is 8. The summed E-state index contributed by atoms with van der Waals surface area (Å²) in [5.41, 5.74) is 10.6. The minimum Gasteiger partial charge on any atom is -0.508 e. The fourth-order valence-corrected chi connectivity index (χ4v) is 6.82. The second-order valence-corrected chi connectivity index (χ2v) is 13.9. The number of hydrogen-bond donors (Lipinski definition) is 5. The van der Waals surface area contributed by atoms with Crippen LogP contribution >= 0.6 is 11.6 Å². The summed E-state index contributed by atoms with van der Waals surface area (Å²) in [6, 6.07) is 19.2. The molecule has 0 amide bonds. The second-order valence-electron chi connectivity index (χ2n) is 13.5. The molecule has 5 aromatic carbocycles. The summed E-state index contributed by atoms with van der Waals surface area (Å²) >= 11 is 6.27. The first-order chi connectivity index (χ1) is 27.5. The van der Waals surface area contributed by atoms with E-state index in [-0.39, 0.29) is 45.6 Å². The predicted octanol–water partition coefficient (Wildman–Crippen LogP) is 11.0. The number of H-pyrrole nitrogens is 1. The number of aryl methyl sites for hydroxylation is 2. The molecule has 0 aliphatic heterocycles. The molecule has 0 fully saturated rings. The van der Waals surface area contributed by atoms with Gasteiger partial charge in [0, 0.05) is 38.9 Å². The van der Waals surface area contributed by atoms with Crippen LogP contribution in [0, 0.1) is 25.5 Å². The van der Waals surface area contributed by atoms with Crippen molar-refractivity contribution in [1.82, 2.24) is 20.6 Å². The highest BCUT2D eigenvalue weighted by atomic mass is 35.5. The molecule has 298 valence electrons. The van der Waals surface area contributed by atoms with Gasteiger partial charge in [0.15, 0.2) is 5.84 Å². The molecule has 0 spiro atoms. The van der Waals surface area contributed by atoms with Gasteiger partial charge in [-0.1, -0.05) is 54.0 Å². The summed E-state index contributed by atoms with van der Waals surface area (Å²) in [4.78, 5) is 0. The molecular weight excluding hydrogens is 783 g/mol. The molecule has 0 aliphatic carbocycles. The van der Waals surface area contributed by atoms with Crippen LogP contribution in [0.25, 0.3) is 55.8 Å². The third-order valence-corrected chi connectivity index (χ3v) is 9.44. The summed E-state index contributed by atoms with van der Waals surface area (Å²) in [6.45, 7) is 7.28. The van der Waals surface area contributed by atoms with Gasteiger partial charge >= 0.3 is 6.18 Å². The Labute approximate surface area is 333 Å². The first-order valence-electron chi connectivity index (χ1n) is 17.4. The number of benzene rings is 5. The molecule has 0 saturated carbocycles. The Morgan fingerprint density at radius 1 is 0.810 bits per heavy atom. The number of oxime groups is 1. The minimum absolute atomic E-state index is 0.0105. The normalized spacial score (nSPS) is 11.8. The van der Waals surface area contributed by atoms with Crippen LogP contribution < -0.4 is 5.73 Å². The average molecular weight is 817 g/mol. The number of halogens is 6. The van der Waals surface area contributed by atoms with Gasteiger partial charge in [-0.15, -0.1) is 0 Å². The van der Waals surface area contributed by atoms with Crippen LogP contribution in [-0.2, 0) is 6.18 Å². The molecule has 0 radical (unpaired) electrons. The van der Waals surface area contributed by atoms with E-state index in [1.807, 2.05) is 13.8 Å². The van der Waals surface area contributed by atoms with Gasteiger partial charge in [-0.25, -0.2) is 8.78 Å². The highest BCUT2D eigenvalue weighted by Gasteiger charge is 2.34. The molecule has 58 heavy (non-hydrogen) atoms. The van der Waals surface area contributed by atoms with E-state index in [9.17, 15) is 37.4 Å². The number of phenols is 2. The molecule has 0 atom stereocenters. The molecule has 7 rings (SSSR count). The van der Waals surface area contributed by atoms with Gasteiger partial charge in [-0.05, 0) is 114 Å². The summed E-state index contributed by atoms with van der Waals surface area (Å²) in [5, 5.41) is 46.4. The molecule has 7 aromatic rings. The van der Waals surface area contributed by atoms with Gasteiger partial charge in [0.1, 0.15) is 34.6 Å². The number of phenolic OH excluding ortho intramolecular Hbond substituents is 2. The monoisotopic (exact) mass is 816 g/mol. The van der Waals surface area contributed by atoms with Crippen LogP contribution in [0.5, 0.6) is 11.5 Å². The van der Waals surface area contributed by atoms with Crippen LogP contribution in [-0.4, -0.2) is 41.8 Å². The van der Waals surface area contributed by atoms with E-state index in [4.69, 9.17) is 21.9 Å². The maximum Gasteiger partial charge on any atom is 0.416 e. The van der Waals surface area contributed by atoms with E-state index in [0.29, 0.717) is 61.0 Å². The molecule has 0 bridgehead atoms. The summed E-state index contributed by atoms with van der Waals surface area (Å²) in [7, 11) is 0. The average Bonchev–Trinajstić information content (AvgIpc) is 3.83. The lowest BCUT2D eigenvalue weighted by Crippen LogP contribution is -2.15. The number of rotatable bonds is 7. The van der Waals surface area contributed by atoms with Crippen LogP contribution in [0.15, 0.2) is 101 Å². The lowest BCUT2D eigenvalue weighted by atomic mass is 9.86. The second kappa shape index (κ2) is 16.4. The number of aromatic nitrogens is 4. The van der Waals surface area contributed by atoms with Crippen LogP contribution in [0.4, 0.5) is 22.0 Å². The van der Waals surface area contributed by atoms with Crippen molar-refractivity contribution in [1.29, 1.82) is 0 Å². The minimum atomic E-state index is -4.57. The van der Waals surface area contributed by atoms with Crippen molar-refractivity contribution in [2.24, 2.45) is 10.9 Å². The van der Waals surface area contributed by atoms with Gasteiger partial charge in [-0.2, -0.15) is 28.6 Å². The smallest absolute Gasteiger partial charge is 0.416 e. The van der Waals surface area contributed by atoms with Crippen molar-refractivity contribution >= 4 is 17.4 Å². The number of alkyl halides is 3. The van der Waals surface area contributed by atoms with E-state index in [2.05, 4.69) is 25.7 Å². The Morgan fingerprint density at radius 2 is 1.45 bits per heavy atom. The maximum absolute atomic E-state index is 14.0. The standard InChI is InChI=1S/C22H19ClF2N2O2.C20H15F3N4O2/c1-11(2)17-7-12(3-4-20(17)28)18-8-14(23)9-19(22(26)27-29)21(18)13-5-15(24)10-16(25)6-13;1-10-18(11(2)29-26-10)19-15(12-3-5-14(28)6-4-12)7-13(20(21,22)23)8-16(19)17-9-24-27-25-17/h3-11,28-29H,1-2H3,(H2,26,27);3-9,28H,1-2H3,(H,24,25,27). The molecule has 10 nitrogen and oxygen atoms in total. The molecule has 0 saturated heterocycles. The predicted molar refractivity (Wildman–Crippen MR) is 209 cm³/mol. The lowest BCUT2D eigenvalue weighted by molar-refractivity contribution is -0.137. The van der Waals surface area contributed by atoms with Crippen molar-refractivity contribution in [3.05, 3.63) is 136 Å². The molecule has 0 unspecified atom stereocenters. The fraction of sp³-hybridized carbons (Fsp3) is 0.143. The van der Waals surface area contributed by atoms with Crippen molar-refractivity contribution < 1.29 is 41.9 Å². The molecule has 16 heteroatoms. The Bertz CT molecular complexity index is 2600. The van der Waals surface area contributed by atoms with E-state index in [0.717, 1.165) is 30.3 Å². The summed E-state index contributed by atoms with van der Waals surface area (Å²) in [5.74, 6) is -1.13. The topological polar surface area (TPSA) is 167 Å². The van der Waals surface area contributed by atoms with E-state index in [1.165, 1.54) is 24.4 Å². The SMILES string of the molecule is CC(C)c1cc(-c2cc(Cl)cc(C(N)=NO)c2-c2cc(F)cc(F)c2)ccc1O.Cc1noc(C)c1-c1c(-c2ccc(O)cc2)cc(C(F)(F)F)cc1-c1cn[nH]n1. The van der Waals surface area contributed by atoms with E-state index >= 15 is 0 Å². The zero-order valence-corrected chi connectivity index (χ0v) is 31.9. The molecule has 6 N–H and O–H groups in total. The van der Waals surface area contributed by atoms with Gasteiger partial charge in [-0.3, -0.25) is 0 Å². The number of amidine groups is 1. The molecule has 2 heterocycles. The fourth-order valence-electron chi connectivity index (χ4n) is 6.60. The van der Waals surface area contributed by atoms with Crippen molar-refractivity contribution in [2.45, 2.75) is 39.8 Å². The van der Waals surface area contributed by atoms with Crippen LogP contribution in [0.3, 0.4) is 0 Å². The van der Waals surface area contributed by atoms with Gasteiger partial charge in [0.05, 0.1) is 17.5 Å². The van der Waals surface area contributed by atoms with Gasteiger partial charge in [0.25, 0.3) is 0 Å². The van der Waals surface area contributed by atoms with Gasteiger partial charge < -0.3 is 25.7 Å². The molecule has 0 aliphatic rings. The maximum atomic E-state index is 14.0. The third kappa shape index (κ3) is 8.49. The third-order valence-electron chi connectivity index (χ3n) is 9.22. The number of aromatic hydroxyl groups is 2. The Hall–Kier alpha value is -6.74. The van der Waals surface area contributed by atoms with Crippen LogP contribution in [0.1, 0.15) is 47.9 Å². The van der Waals surface area contributed by atoms with Gasteiger partial charge in [0.2, 0.25) is 0 Å². The van der Waals surface area contributed by atoms with Crippen molar-refractivity contribution in [2.75, 3.05) is 0 Å². The highest BCUT2D eigenvalue weighted by Crippen LogP contribution is 2.46. The number of nitrogens with two attached hydrogens (primary N) is 1. The quantitative estimate of drug-likeness (QED) is 0.0348. The van der Waals surface area contributed by atoms with E-state index in [1.54, 1.807) is 50.2 Å². The zero-order valence-electron chi connectivity index (χ0n) is 31.1. The molecular formula is C42H34ClF5N6O4. The largest absolute Gasteiger partial charge is 0.508 e. The Balaban J connectivity index is 0.000000196. The number of aromatic amines is 1. The van der Waals surface area contributed by atoms with Crippen LogP contribution in [0.2, 0.25) is 5.02 Å². The zero-order chi connectivity index (χ0) is 42.1. The Morgan fingerprint density at radius 3 is 2.02 bits per heavy atom. The summed E-state index contributed by atoms with van der Waals surface area (Å²) in [6.07, 6.45) is -3.21. The molecule has 2 aromatic heterocycles. The first-order valence-corrected chi connectivity index (χ1v) is 17.8. The first kappa shape index (κ1) is 40.9. The van der Waals surface area contributed by atoms with Crippen molar-refractivity contribution in [3.8, 4) is 67.3 Å². The number of nitrogens with one attached hydrogen (secondary N) is 1. The highest BCUT2D eigenvalue weighted by molar-refractivity contribution is 6.31. The Kier molecular flexibility index (Phi) is 11.6. The lowest BCUT2D eigenvalue weighted by Gasteiger charge is -2.18. The van der Waals surface area contributed by atoms with E-state index < -0.39 is 23.4 Å². The summed E-state index contributed by atoms with van der Waals surface area (Å²) < 4.78 is 74.2.